The fourth-order valence-corrected chi connectivity index (χ4v) is 4.52. The van der Waals surface area contributed by atoms with Gasteiger partial charge in [0.15, 0.2) is 5.82 Å². The summed E-state index contributed by atoms with van der Waals surface area (Å²) in [7, 11) is 0. The van der Waals surface area contributed by atoms with Crippen molar-refractivity contribution in [3.05, 3.63) is 66.0 Å². The van der Waals surface area contributed by atoms with Crippen LogP contribution in [0.2, 0.25) is 0 Å². The van der Waals surface area contributed by atoms with Crippen molar-refractivity contribution >= 4 is 40.8 Å². The van der Waals surface area contributed by atoms with E-state index in [1.54, 1.807) is 53.8 Å². The molecular formula is C32H42N6O5. The van der Waals surface area contributed by atoms with Crippen LogP contribution in [0.25, 0.3) is 16.6 Å². The zero-order chi connectivity index (χ0) is 31.2. The smallest absolute Gasteiger partial charge is 0.435 e. The van der Waals surface area contributed by atoms with Crippen LogP contribution in [0.5, 0.6) is 0 Å². The van der Waals surface area contributed by atoms with Crippen LogP contribution in [-0.4, -0.2) is 52.0 Å². The Kier molecular flexibility index (Phi) is 9.75. The predicted octanol–water partition coefficient (Wildman–Crippen LogP) is 6.16. The predicted molar refractivity (Wildman–Crippen MR) is 168 cm³/mol. The first-order chi connectivity index (χ1) is 20.3. The van der Waals surface area contributed by atoms with Gasteiger partial charge in [0.05, 0.1) is 16.7 Å². The number of nitrogens with one attached hydrogen (secondary N) is 1. The normalized spacial score (nSPS) is 16.3. The second-order valence-electron chi connectivity index (χ2n) is 12.3. The van der Waals surface area contributed by atoms with E-state index in [9.17, 15) is 9.59 Å². The van der Waals surface area contributed by atoms with Crippen LogP contribution in [0.1, 0.15) is 72.1 Å². The highest BCUT2D eigenvalue weighted by Crippen LogP contribution is 2.28. The standard InChI is InChI=1S/C32H42N6O5/c1-31(2,3)42-29(39)36-38(30(40)43-32(4,5)6)27-16-15-25-24(35-27)18-26(37(25)21-22-12-8-7-9-13-22)23(19-33)20-34-28-14-10-11-17-41-28/h7-9,12-13,15-16,18-20,28H,10-11,14,17,21,33H2,1-6H3,(H,36,39). The van der Waals surface area contributed by atoms with E-state index < -0.39 is 23.4 Å². The Morgan fingerprint density at radius 2 is 1.81 bits per heavy atom. The SMILES string of the molecule is CC(C)(C)OC(=O)NN(C(=O)OC(C)(C)C)c1ccc2c(cc(C(C=NC3CCCCO3)=CN)n2Cc2ccccc2)n1. The summed E-state index contributed by atoms with van der Waals surface area (Å²) in [5, 5.41) is 0.953. The van der Waals surface area contributed by atoms with E-state index in [2.05, 4.69) is 15.0 Å². The van der Waals surface area contributed by atoms with Crippen molar-refractivity contribution in [2.24, 2.45) is 10.7 Å². The Balaban J connectivity index is 1.76. The number of fused-ring (bicyclic) bond motifs is 1. The number of allylic oxidation sites excluding steroid dienone is 1. The number of carbonyl (C=O) groups is 2. The van der Waals surface area contributed by atoms with Gasteiger partial charge in [0.2, 0.25) is 0 Å². The highest BCUT2D eigenvalue weighted by Gasteiger charge is 2.29. The summed E-state index contributed by atoms with van der Waals surface area (Å²) in [6.07, 6.45) is 4.38. The number of rotatable bonds is 6. The van der Waals surface area contributed by atoms with Gasteiger partial charge in [-0.3, -0.25) is 4.99 Å². The van der Waals surface area contributed by atoms with Crippen LogP contribution in [0.3, 0.4) is 0 Å². The van der Waals surface area contributed by atoms with Gasteiger partial charge in [0, 0.05) is 31.1 Å². The van der Waals surface area contributed by atoms with Gasteiger partial charge >= 0.3 is 12.2 Å². The lowest BCUT2D eigenvalue weighted by molar-refractivity contribution is 0.0227. The molecule has 2 amide bonds. The molecule has 1 aliphatic heterocycles. The third kappa shape index (κ3) is 8.81. The van der Waals surface area contributed by atoms with Crippen molar-refractivity contribution in [3.8, 4) is 0 Å². The number of ether oxygens (including phenoxy) is 3. The average molecular weight is 591 g/mol. The first-order valence-electron chi connectivity index (χ1n) is 14.5. The van der Waals surface area contributed by atoms with Gasteiger partial charge < -0.3 is 24.5 Å². The number of pyridine rings is 1. The summed E-state index contributed by atoms with van der Waals surface area (Å²) in [5.41, 5.74) is 11.0. The van der Waals surface area contributed by atoms with Crippen molar-refractivity contribution in [2.45, 2.75) is 84.8 Å². The Labute approximate surface area is 252 Å². The van der Waals surface area contributed by atoms with Crippen LogP contribution in [0.4, 0.5) is 15.4 Å². The first kappa shape index (κ1) is 31.6. The molecule has 3 N–H and O–H groups in total. The number of benzene rings is 1. The molecule has 0 saturated carbocycles. The molecule has 1 atom stereocenters. The minimum Gasteiger partial charge on any atom is -0.443 e. The zero-order valence-corrected chi connectivity index (χ0v) is 25.8. The maximum atomic E-state index is 13.2. The fourth-order valence-electron chi connectivity index (χ4n) is 4.52. The second kappa shape index (κ2) is 13.3. The molecule has 11 heteroatoms. The van der Waals surface area contributed by atoms with E-state index in [1.165, 1.54) is 6.20 Å². The Morgan fingerprint density at radius 1 is 1.09 bits per heavy atom. The second-order valence-corrected chi connectivity index (χ2v) is 12.3. The monoisotopic (exact) mass is 590 g/mol. The molecule has 1 aromatic carbocycles. The van der Waals surface area contributed by atoms with Crippen LogP contribution in [0.15, 0.2) is 59.7 Å². The van der Waals surface area contributed by atoms with E-state index >= 15 is 0 Å². The number of aromatic nitrogens is 2. The Hall–Kier alpha value is -4.38. The number of hydrogen-bond donors (Lipinski definition) is 2. The Morgan fingerprint density at radius 3 is 2.44 bits per heavy atom. The van der Waals surface area contributed by atoms with Crippen molar-refractivity contribution in [1.29, 1.82) is 0 Å². The first-order valence-corrected chi connectivity index (χ1v) is 14.5. The van der Waals surface area contributed by atoms with Gasteiger partial charge in [-0.25, -0.2) is 20.0 Å². The maximum Gasteiger partial charge on any atom is 0.435 e. The average Bonchev–Trinajstić information content (AvgIpc) is 3.28. The summed E-state index contributed by atoms with van der Waals surface area (Å²) >= 11 is 0. The van der Waals surface area contributed by atoms with Crippen molar-refractivity contribution in [1.82, 2.24) is 15.0 Å². The fraction of sp³-hybridized carbons (Fsp3) is 0.438. The number of nitrogens with two attached hydrogens (primary N) is 1. The van der Waals surface area contributed by atoms with Gasteiger partial charge in [0.1, 0.15) is 17.4 Å². The molecule has 1 unspecified atom stereocenters. The van der Waals surface area contributed by atoms with Gasteiger partial charge in [-0.15, -0.1) is 0 Å². The van der Waals surface area contributed by atoms with Crippen molar-refractivity contribution < 1.29 is 23.8 Å². The molecule has 1 saturated heterocycles. The highest BCUT2D eigenvalue weighted by molar-refractivity contribution is 6.10. The zero-order valence-electron chi connectivity index (χ0n) is 25.8. The molecule has 3 aromatic rings. The summed E-state index contributed by atoms with van der Waals surface area (Å²) in [4.78, 5) is 35.4. The minimum atomic E-state index is -0.822. The molecule has 0 aliphatic carbocycles. The number of nitrogens with zero attached hydrogens (tertiary/aromatic N) is 4. The largest absolute Gasteiger partial charge is 0.443 e. The number of hydrazine groups is 1. The summed E-state index contributed by atoms with van der Waals surface area (Å²) < 4.78 is 18.8. The molecule has 1 fully saturated rings. The molecule has 1 aliphatic rings. The lowest BCUT2D eigenvalue weighted by atomic mass is 10.1. The van der Waals surface area contributed by atoms with Gasteiger partial charge in [-0.2, -0.15) is 5.01 Å². The molecule has 0 spiro atoms. The van der Waals surface area contributed by atoms with Gasteiger partial charge in [-0.1, -0.05) is 30.3 Å². The van der Waals surface area contributed by atoms with Gasteiger partial charge in [-0.05, 0) is 84.6 Å². The van der Waals surface area contributed by atoms with E-state index in [0.717, 1.165) is 41.0 Å². The number of carbonyl (C=O) groups excluding carboxylic acids is 2. The third-order valence-electron chi connectivity index (χ3n) is 6.34. The molecule has 0 radical (unpaired) electrons. The van der Waals surface area contributed by atoms with Crippen molar-refractivity contribution in [2.75, 3.05) is 11.6 Å². The van der Waals surface area contributed by atoms with E-state index in [-0.39, 0.29) is 12.0 Å². The lowest BCUT2D eigenvalue weighted by Crippen LogP contribution is -2.50. The minimum absolute atomic E-state index is 0.151. The van der Waals surface area contributed by atoms with E-state index in [4.69, 9.17) is 24.9 Å². The van der Waals surface area contributed by atoms with E-state index in [1.807, 2.05) is 42.5 Å². The molecular weight excluding hydrogens is 548 g/mol. The van der Waals surface area contributed by atoms with Crippen molar-refractivity contribution in [3.63, 3.8) is 0 Å². The topological polar surface area (TPSA) is 133 Å². The lowest BCUT2D eigenvalue weighted by Gasteiger charge is -2.28. The van der Waals surface area contributed by atoms with Crippen LogP contribution >= 0.6 is 0 Å². The number of aliphatic imine (C=N–C) groups is 1. The molecule has 4 rings (SSSR count). The Bertz CT molecular complexity index is 1480. The maximum absolute atomic E-state index is 13.2. The van der Waals surface area contributed by atoms with Crippen LogP contribution in [0, 0.1) is 0 Å². The molecule has 43 heavy (non-hydrogen) atoms. The molecule has 0 bridgehead atoms. The van der Waals surface area contributed by atoms with Crippen LogP contribution in [-0.2, 0) is 20.8 Å². The van der Waals surface area contributed by atoms with Gasteiger partial charge in [0.25, 0.3) is 0 Å². The number of hydrogen-bond acceptors (Lipinski definition) is 8. The summed E-state index contributed by atoms with van der Waals surface area (Å²) in [5.74, 6) is 0.151. The molecule has 3 heterocycles. The quantitative estimate of drug-likeness (QED) is 0.259. The molecule has 11 nitrogen and oxygen atoms in total. The summed E-state index contributed by atoms with van der Waals surface area (Å²) in [6, 6.07) is 15.4. The molecule has 230 valence electrons. The molecule has 2 aromatic heterocycles. The summed E-state index contributed by atoms with van der Waals surface area (Å²) in [6.45, 7) is 11.7. The highest BCUT2D eigenvalue weighted by atomic mass is 16.6. The number of amides is 2. The van der Waals surface area contributed by atoms with Crippen LogP contribution < -0.4 is 16.2 Å². The third-order valence-corrected chi connectivity index (χ3v) is 6.34. The van der Waals surface area contributed by atoms with E-state index in [0.29, 0.717) is 24.2 Å². The number of anilines is 1.